The summed E-state index contributed by atoms with van der Waals surface area (Å²) in [7, 11) is 0. The minimum Gasteiger partial charge on any atom is -0.341 e. The van der Waals surface area contributed by atoms with E-state index in [-0.39, 0.29) is 0 Å². The third-order valence-corrected chi connectivity index (χ3v) is 3.87. The van der Waals surface area contributed by atoms with Crippen molar-refractivity contribution in [1.82, 2.24) is 19.9 Å². The average molecular weight is 293 g/mol. The Morgan fingerprint density at radius 1 is 1.26 bits per heavy atom. The molecule has 0 spiro atoms. The van der Waals surface area contributed by atoms with E-state index in [0.29, 0.717) is 21.4 Å². The maximum atomic E-state index is 11.4. The van der Waals surface area contributed by atoms with E-state index in [1.54, 1.807) is 0 Å². The smallest absolute Gasteiger partial charge is 0.341 e. The van der Waals surface area contributed by atoms with E-state index < -0.39 is 5.69 Å². The molecule has 0 radical (unpaired) electrons. The van der Waals surface area contributed by atoms with Gasteiger partial charge in [-0.1, -0.05) is 35.5 Å². The number of nitrogens with one attached hydrogen (secondary N) is 2. The summed E-state index contributed by atoms with van der Waals surface area (Å²) in [5, 5.41) is 1.35. The molecule has 2 aromatic heterocycles. The molecule has 19 heavy (non-hydrogen) atoms. The van der Waals surface area contributed by atoms with Crippen molar-refractivity contribution in [2.45, 2.75) is 10.8 Å². The first kappa shape index (κ1) is 12.3. The summed E-state index contributed by atoms with van der Waals surface area (Å²) in [5.74, 6) is 0.710. The van der Waals surface area contributed by atoms with Gasteiger partial charge in [-0.25, -0.2) is 9.78 Å². The number of hydrogen-bond donors (Lipinski definition) is 2. The summed E-state index contributed by atoms with van der Waals surface area (Å²) in [6, 6.07) is 7.59. The predicted molar refractivity (Wildman–Crippen MR) is 75.5 cm³/mol. The van der Waals surface area contributed by atoms with E-state index >= 15 is 0 Å². The number of rotatable bonds is 3. The van der Waals surface area contributed by atoms with Crippen LogP contribution in [0, 0.1) is 0 Å². The molecular weight excluding hydrogens is 284 g/mol. The molecule has 2 heterocycles. The van der Waals surface area contributed by atoms with Crippen LogP contribution >= 0.6 is 23.4 Å². The maximum absolute atomic E-state index is 11.4. The third kappa shape index (κ3) is 2.64. The van der Waals surface area contributed by atoms with Crippen molar-refractivity contribution >= 4 is 34.5 Å². The molecule has 96 valence electrons. The predicted octanol–water partition coefficient (Wildman–Crippen LogP) is 2.59. The summed E-state index contributed by atoms with van der Waals surface area (Å²) < 4.78 is 0. The largest absolute Gasteiger partial charge is 0.347 e. The fourth-order valence-electron chi connectivity index (χ4n) is 1.67. The van der Waals surface area contributed by atoms with Crippen LogP contribution < -0.4 is 5.69 Å². The molecule has 0 aliphatic carbocycles. The number of halogens is 1. The fraction of sp³-hybridized carbons (Fsp3) is 0.0833. The van der Waals surface area contributed by atoms with Gasteiger partial charge in [0.15, 0.2) is 5.65 Å². The van der Waals surface area contributed by atoms with E-state index in [9.17, 15) is 4.79 Å². The number of imidazole rings is 1. The summed E-state index contributed by atoms with van der Waals surface area (Å²) >= 11 is 7.32. The molecule has 5 nitrogen and oxygen atoms in total. The lowest BCUT2D eigenvalue weighted by Crippen LogP contribution is -2.10. The van der Waals surface area contributed by atoms with E-state index in [2.05, 4.69) is 19.9 Å². The molecule has 0 saturated heterocycles. The molecule has 3 aromatic rings. The monoisotopic (exact) mass is 292 g/mol. The lowest BCUT2D eigenvalue weighted by molar-refractivity contribution is 1.01. The van der Waals surface area contributed by atoms with Crippen LogP contribution in [0.3, 0.4) is 0 Å². The summed E-state index contributed by atoms with van der Waals surface area (Å²) in [6.45, 7) is 0. The van der Waals surface area contributed by atoms with Gasteiger partial charge in [0.1, 0.15) is 10.5 Å². The van der Waals surface area contributed by atoms with Crippen molar-refractivity contribution in [2.75, 3.05) is 0 Å². The van der Waals surface area contributed by atoms with Crippen LogP contribution in [0.15, 0.2) is 40.4 Å². The van der Waals surface area contributed by atoms with Crippen LogP contribution in [-0.2, 0) is 5.75 Å². The maximum Gasteiger partial charge on any atom is 0.347 e. The van der Waals surface area contributed by atoms with E-state index in [1.807, 2.05) is 24.3 Å². The number of hydrogen-bond acceptors (Lipinski definition) is 4. The van der Waals surface area contributed by atoms with Gasteiger partial charge in [-0.3, -0.25) is 4.98 Å². The Labute approximate surface area is 117 Å². The first-order valence-electron chi connectivity index (χ1n) is 5.53. The first-order chi connectivity index (χ1) is 9.22. The van der Waals surface area contributed by atoms with Crippen LogP contribution in [0.25, 0.3) is 11.2 Å². The minimum absolute atomic E-state index is 0.391. The van der Waals surface area contributed by atoms with E-state index in [1.165, 1.54) is 18.1 Å². The normalized spacial score (nSPS) is 11.0. The molecule has 0 unspecified atom stereocenters. The third-order valence-electron chi connectivity index (χ3n) is 2.57. The molecule has 1 aromatic carbocycles. The van der Waals surface area contributed by atoms with Gasteiger partial charge >= 0.3 is 5.69 Å². The van der Waals surface area contributed by atoms with Gasteiger partial charge in [-0.2, -0.15) is 4.98 Å². The number of nitrogens with zero attached hydrogens (tertiary/aromatic N) is 2. The van der Waals surface area contributed by atoms with Crippen molar-refractivity contribution in [3.8, 4) is 0 Å². The molecule has 0 aliphatic heterocycles. The first-order valence-corrected chi connectivity index (χ1v) is 6.89. The van der Waals surface area contributed by atoms with Crippen LogP contribution in [0.1, 0.15) is 5.56 Å². The minimum atomic E-state index is -0.391. The zero-order chi connectivity index (χ0) is 13.2. The number of fused-ring (bicyclic) bond motifs is 1. The topological polar surface area (TPSA) is 74.4 Å². The Kier molecular flexibility index (Phi) is 3.27. The second-order valence-electron chi connectivity index (χ2n) is 3.89. The Morgan fingerprint density at radius 3 is 2.84 bits per heavy atom. The lowest BCUT2D eigenvalue weighted by Gasteiger charge is -2.02. The average Bonchev–Trinajstić information content (AvgIpc) is 2.85. The molecule has 0 bridgehead atoms. The number of aromatic amines is 2. The quantitative estimate of drug-likeness (QED) is 0.575. The Hall–Kier alpha value is -1.79. The molecular formula is C12H9ClN4OS. The van der Waals surface area contributed by atoms with Crippen molar-refractivity contribution in [3.05, 3.63) is 51.7 Å². The van der Waals surface area contributed by atoms with Gasteiger partial charge in [0.05, 0.1) is 6.33 Å². The molecule has 0 atom stereocenters. The van der Waals surface area contributed by atoms with Crippen molar-refractivity contribution in [3.63, 3.8) is 0 Å². The van der Waals surface area contributed by atoms with Crippen LogP contribution in [0.4, 0.5) is 0 Å². The summed E-state index contributed by atoms with van der Waals surface area (Å²) in [4.78, 5) is 24.9. The zero-order valence-electron chi connectivity index (χ0n) is 9.68. The molecule has 2 N–H and O–H groups in total. The second-order valence-corrected chi connectivity index (χ2v) is 5.29. The second kappa shape index (κ2) is 5.07. The van der Waals surface area contributed by atoms with Gasteiger partial charge in [-0.15, -0.1) is 0 Å². The molecule has 3 rings (SSSR count). The number of benzene rings is 1. The van der Waals surface area contributed by atoms with Gasteiger partial charge < -0.3 is 4.98 Å². The molecule has 0 amide bonds. The van der Waals surface area contributed by atoms with Crippen LogP contribution in [-0.4, -0.2) is 19.9 Å². The van der Waals surface area contributed by atoms with E-state index in [0.717, 1.165) is 11.1 Å². The van der Waals surface area contributed by atoms with Gasteiger partial charge in [0, 0.05) is 10.8 Å². The fourth-order valence-corrected chi connectivity index (χ4v) is 2.74. The van der Waals surface area contributed by atoms with Crippen molar-refractivity contribution in [1.29, 1.82) is 0 Å². The SMILES string of the molecule is O=c1nc(SCc2ccc(Cl)cc2)c2[nH]cnc2[nH]1. The number of aromatic nitrogens is 4. The molecule has 7 heteroatoms. The summed E-state index contributed by atoms with van der Waals surface area (Å²) in [6.07, 6.45) is 1.54. The van der Waals surface area contributed by atoms with Crippen molar-refractivity contribution in [2.24, 2.45) is 0 Å². The Morgan fingerprint density at radius 2 is 2.05 bits per heavy atom. The highest BCUT2D eigenvalue weighted by molar-refractivity contribution is 7.98. The number of H-pyrrole nitrogens is 2. The Bertz CT molecular complexity index is 765. The van der Waals surface area contributed by atoms with Gasteiger partial charge in [0.25, 0.3) is 0 Å². The van der Waals surface area contributed by atoms with Crippen molar-refractivity contribution < 1.29 is 0 Å². The van der Waals surface area contributed by atoms with Gasteiger partial charge in [-0.05, 0) is 17.7 Å². The van der Waals surface area contributed by atoms with Crippen LogP contribution in [0.2, 0.25) is 5.02 Å². The molecule has 0 aliphatic rings. The van der Waals surface area contributed by atoms with Gasteiger partial charge in [0.2, 0.25) is 0 Å². The zero-order valence-corrected chi connectivity index (χ0v) is 11.3. The van der Waals surface area contributed by atoms with E-state index in [4.69, 9.17) is 11.6 Å². The lowest BCUT2D eigenvalue weighted by atomic mass is 10.2. The highest BCUT2D eigenvalue weighted by Crippen LogP contribution is 2.25. The standard InChI is InChI=1S/C12H9ClN4OS/c13-8-3-1-7(2-4-8)5-19-11-9-10(15-6-14-9)16-12(18)17-11/h1-4,6H,5H2,(H2,14,15,16,17,18). The highest BCUT2D eigenvalue weighted by Gasteiger charge is 2.08. The Balaban J connectivity index is 1.87. The summed E-state index contributed by atoms with van der Waals surface area (Å²) in [5.41, 5.74) is 2.00. The van der Waals surface area contributed by atoms with Crippen LogP contribution in [0.5, 0.6) is 0 Å². The molecule has 0 fully saturated rings. The highest BCUT2D eigenvalue weighted by atomic mass is 35.5. The number of thioether (sulfide) groups is 1. The molecule has 0 saturated carbocycles.